The molecule has 0 atom stereocenters. The molecule has 1 aliphatic carbocycles. The van der Waals surface area contributed by atoms with E-state index < -0.39 is 0 Å². The zero-order valence-electron chi connectivity index (χ0n) is 37.0. The standard InChI is InChI=1S/C55H58N2O/c1-51(2,3)31-15-20-44-38(23-31)39-24-32(52(4,5)6)16-21-45(39)56(44)35-18-19-36-37-29-48-47(30-43(37)55(13,14)42(36)28-35)57-46-22-17-33(53(7,8)9)25-40(46)41-26-34(54(10,11)12)27-49(58-48)50(41)57/h15-30H,1-14H3. The first-order valence-corrected chi connectivity index (χ1v) is 21.3. The molecule has 58 heavy (non-hydrogen) atoms. The quantitative estimate of drug-likeness (QED) is 0.163. The van der Waals surface area contributed by atoms with Gasteiger partial charge in [0.1, 0.15) is 0 Å². The topological polar surface area (TPSA) is 19.1 Å². The first kappa shape index (κ1) is 37.0. The van der Waals surface area contributed by atoms with E-state index in [9.17, 15) is 0 Å². The minimum absolute atomic E-state index is 0.0247. The molecule has 0 amide bonds. The third kappa shape index (κ3) is 5.24. The van der Waals surface area contributed by atoms with Crippen molar-refractivity contribution < 1.29 is 4.74 Å². The van der Waals surface area contributed by atoms with Crippen LogP contribution in [0, 0.1) is 0 Å². The van der Waals surface area contributed by atoms with Gasteiger partial charge in [-0.05, 0) is 139 Å². The second-order valence-corrected chi connectivity index (χ2v) is 22.1. The molecule has 0 radical (unpaired) electrons. The Labute approximate surface area is 344 Å². The third-order valence-corrected chi connectivity index (χ3v) is 13.5. The highest BCUT2D eigenvalue weighted by atomic mass is 16.5. The van der Waals surface area contributed by atoms with E-state index in [-0.39, 0.29) is 27.1 Å². The first-order valence-electron chi connectivity index (χ1n) is 21.3. The van der Waals surface area contributed by atoms with E-state index in [4.69, 9.17) is 4.74 Å². The predicted molar refractivity (Wildman–Crippen MR) is 248 cm³/mol. The average Bonchev–Trinajstić information content (AvgIpc) is 3.72. The first-order chi connectivity index (χ1) is 27.0. The Morgan fingerprint density at radius 3 is 1.40 bits per heavy atom. The van der Waals surface area contributed by atoms with Crippen LogP contribution in [0.2, 0.25) is 0 Å². The van der Waals surface area contributed by atoms with Crippen LogP contribution >= 0.6 is 0 Å². The number of benzene rings is 6. The summed E-state index contributed by atoms with van der Waals surface area (Å²) in [6, 6.07) is 37.9. The van der Waals surface area contributed by atoms with E-state index in [2.05, 4.69) is 203 Å². The summed E-state index contributed by atoms with van der Waals surface area (Å²) >= 11 is 0. The molecule has 1 aliphatic heterocycles. The fraction of sp³-hybridized carbons (Fsp3) is 0.345. The molecule has 2 aromatic heterocycles. The number of hydrogen-bond donors (Lipinski definition) is 0. The zero-order valence-corrected chi connectivity index (χ0v) is 37.0. The number of fused-ring (bicyclic) bond motifs is 11. The summed E-state index contributed by atoms with van der Waals surface area (Å²) in [6.45, 7) is 32.4. The van der Waals surface area contributed by atoms with Gasteiger partial charge in [0.05, 0.1) is 27.8 Å². The van der Waals surface area contributed by atoms with E-state index in [0.717, 1.165) is 22.7 Å². The molecular formula is C55H58N2O. The number of ether oxygens (including phenoxy) is 1. The minimum Gasteiger partial charge on any atom is -0.453 e. The van der Waals surface area contributed by atoms with Gasteiger partial charge in [-0.25, -0.2) is 0 Å². The third-order valence-electron chi connectivity index (χ3n) is 13.5. The Morgan fingerprint density at radius 2 is 0.879 bits per heavy atom. The summed E-state index contributed by atoms with van der Waals surface area (Å²) < 4.78 is 12.0. The van der Waals surface area contributed by atoms with Gasteiger partial charge in [0.25, 0.3) is 0 Å². The average molecular weight is 763 g/mol. The lowest BCUT2D eigenvalue weighted by Gasteiger charge is -2.27. The summed E-state index contributed by atoms with van der Waals surface area (Å²) in [4.78, 5) is 0. The molecule has 0 N–H and O–H groups in total. The summed E-state index contributed by atoms with van der Waals surface area (Å²) in [5.41, 5.74) is 17.7. The Kier molecular flexibility index (Phi) is 7.32. The summed E-state index contributed by atoms with van der Waals surface area (Å²) in [5.74, 6) is 1.85. The van der Waals surface area contributed by atoms with Gasteiger partial charge in [-0.2, -0.15) is 0 Å². The molecule has 2 aliphatic rings. The lowest BCUT2D eigenvalue weighted by molar-refractivity contribution is 0.472. The van der Waals surface area contributed by atoms with Gasteiger partial charge < -0.3 is 13.9 Å². The molecule has 0 saturated carbocycles. The van der Waals surface area contributed by atoms with Crippen LogP contribution in [0.15, 0.2) is 97.1 Å². The molecular weight excluding hydrogens is 705 g/mol. The number of rotatable bonds is 1. The highest BCUT2D eigenvalue weighted by Crippen LogP contribution is 2.55. The van der Waals surface area contributed by atoms with Crippen LogP contribution in [-0.2, 0) is 27.1 Å². The predicted octanol–water partition coefficient (Wildman–Crippen LogP) is 15.5. The lowest BCUT2D eigenvalue weighted by atomic mass is 9.82. The summed E-state index contributed by atoms with van der Waals surface area (Å²) in [7, 11) is 0. The van der Waals surface area contributed by atoms with Crippen LogP contribution in [0.5, 0.6) is 11.5 Å². The van der Waals surface area contributed by atoms with Crippen molar-refractivity contribution in [2.75, 3.05) is 0 Å². The number of hydrogen-bond acceptors (Lipinski definition) is 1. The van der Waals surface area contributed by atoms with Crippen molar-refractivity contribution >= 4 is 43.6 Å². The molecule has 0 bridgehead atoms. The highest BCUT2D eigenvalue weighted by Gasteiger charge is 2.39. The van der Waals surface area contributed by atoms with Gasteiger partial charge in [0.15, 0.2) is 11.5 Å². The van der Waals surface area contributed by atoms with Crippen LogP contribution in [0.3, 0.4) is 0 Å². The van der Waals surface area contributed by atoms with E-state index in [1.807, 2.05) is 0 Å². The van der Waals surface area contributed by atoms with E-state index in [1.54, 1.807) is 0 Å². The van der Waals surface area contributed by atoms with Gasteiger partial charge in [0.2, 0.25) is 0 Å². The van der Waals surface area contributed by atoms with E-state index in [0.29, 0.717) is 0 Å². The monoisotopic (exact) mass is 762 g/mol. The fourth-order valence-corrected chi connectivity index (χ4v) is 9.82. The smallest absolute Gasteiger partial charge is 0.152 e. The van der Waals surface area contributed by atoms with Crippen molar-refractivity contribution in [2.45, 2.75) is 124 Å². The maximum absolute atomic E-state index is 7.04. The molecule has 0 unspecified atom stereocenters. The maximum atomic E-state index is 7.04. The minimum atomic E-state index is -0.231. The van der Waals surface area contributed by atoms with Crippen molar-refractivity contribution in [1.82, 2.24) is 9.13 Å². The van der Waals surface area contributed by atoms with Gasteiger partial charge in [-0.15, -0.1) is 0 Å². The van der Waals surface area contributed by atoms with Crippen molar-refractivity contribution in [2.24, 2.45) is 0 Å². The SMILES string of the molecule is CC(C)(C)c1ccc2c(c1)c1cc(C(C)(C)C)ccc1n2-c1ccc2c(c1)C(C)(C)c1cc3c(cc1-2)Oc1cc(C(C)(C)C)cc2c4cc(C(C)(C)C)ccc4n-3c12. The second kappa shape index (κ2) is 11.5. The van der Waals surface area contributed by atoms with Crippen molar-refractivity contribution in [3.8, 4) is 34.0 Å². The molecule has 0 spiro atoms. The van der Waals surface area contributed by atoms with Crippen LogP contribution in [-0.4, -0.2) is 9.13 Å². The zero-order chi connectivity index (χ0) is 41.2. The fourth-order valence-electron chi connectivity index (χ4n) is 9.82. The Bertz CT molecular complexity index is 3010. The summed E-state index contributed by atoms with van der Waals surface area (Å²) in [5, 5.41) is 5.18. The molecule has 0 saturated heterocycles. The van der Waals surface area contributed by atoms with Crippen LogP contribution in [0.1, 0.15) is 130 Å². The number of nitrogens with zero attached hydrogens (tertiary/aromatic N) is 2. The lowest BCUT2D eigenvalue weighted by Crippen LogP contribution is -2.17. The molecule has 8 aromatic rings. The van der Waals surface area contributed by atoms with E-state index >= 15 is 0 Å². The summed E-state index contributed by atoms with van der Waals surface area (Å²) in [6.07, 6.45) is 0. The largest absolute Gasteiger partial charge is 0.453 e. The molecule has 0 fully saturated rings. The maximum Gasteiger partial charge on any atom is 0.152 e. The van der Waals surface area contributed by atoms with Crippen LogP contribution < -0.4 is 4.74 Å². The normalized spacial score (nSPS) is 15.0. The molecule has 3 nitrogen and oxygen atoms in total. The van der Waals surface area contributed by atoms with Gasteiger partial charge in [-0.3, -0.25) is 0 Å². The van der Waals surface area contributed by atoms with Crippen molar-refractivity contribution in [3.63, 3.8) is 0 Å². The van der Waals surface area contributed by atoms with Crippen LogP contribution in [0.4, 0.5) is 0 Å². The van der Waals surface area contributed by atoms with Crippen molar-refractivity contribution in [1.29, 1.82) is 0 Å². The van der Waals surface area contributed by atoms with Gasteiger partial charge in [-0.1, -0.05) is 121 Å². The van der Waals surface area contributed by atoms with Gasteiger partial charge >= 0.3 is 0 Å². The van der Waals surface area contributed by atoms with Crippen LogP contribution in [0.25, 0.3) is 66.1 Å². The number of aromatic nitrogens is 2. The highest BCUT2D eigenvalue weighted by molar-refractivity contribution is 6.13. The second-order valence-electron chi connectivity index (χ2n) is 22.1. The molecule has 6 aromatic carbocycles. The Hall–Kier alpha value is -5.28. The molecule has 294 valence electrons. The Balaban J connectivity index is 1.17. The van der Waals surface area contributed by atoms with Gasteiger partial charge in [0, 0.05) is 32.6 Å². The Morgan fingerprint density at radius 1 is 0.414 bits per heavy atom. The molecule has 3 heterocycles. The van der Waals surface area contributed by atoms with Crippen molar-refractivity contribution in [3.05, 3.63) is 130 Å². The molecule has 10 rings (SSSR count). The molecule has 3 heteroatoms. The van der Waals surface area contributed by atoms with E-state index in [1.165, 1.54) is 88.3 Å².